The SMILES string of the molecule is c1ccc(-[p+]2ccc3ccccc3c2)cc1. The van der Waals surface area contributed by atoms with E-state index >= 15 is 0 Å². The number of fused-ring (bicyclic) bond motifs is 1. The van der Waals surface area contributed by atoms with Crippen LogP contribution in [-0.4, -0.2) is 0 Å². The molecule has 1 unspecified atom stereocenters. The number of hydrogen-bond donors (Lipinski definition) is 0. The first-order chi connectivity index (χ1) is 7.93. The highest BCUT2D eigenvalue weighted by molar-refractivity contribution is 7.56. The van der Waals surface area contributed by atoms with Crippen LogP contribution < -0.4 is 0 Å². The average Bonchev–Trinajstić information content (AvgIpc) is 2.39. The summed E-state index contributed by atoms with van der Waals surface area (Å²) in [5.74, 6) is 4.72. The molecule has 0 aliphatic heterocycles. The molecular weight excluding hydrogens is 211 g/mol. The Morgan fingerprint density at radius 2 is 1.31 bits per heavy atom. The van der Waals surface area contributed by atoms with Crippen LogP contribution in [0.1, 0.15) is 0 Å². The second-order valence-electron chi connectivity index (χ2n) is 3.82. The molecule has 1 heterocycles. The minimum Gasteiger partial charge on any atom is -0.0619 e. The van der Waals surface area contributed by atoms with E-state index in [9.17, 15) is 0 Å². The lowest BCUT2D eigenvalue weighted by molar-refractivity contribution is 1.76. The Morgan fingerprint density at radius 1 is 0.625 bits per heavy atom. The molecule has 0 N–H and O–H groups in total. The van der Waals surface area contributed by atoms with Gasteiger partial charge in [0.25, 0.3) is 0 Å². The second-order valence-corrected chi connectivity index (χ2v) is 5.70. The van der Waals surface area contributed by atoms with Crippen molar-refractivity contribution >= 4 is 18.3 Å². The van der Waals surface area contributed by atoms with E-state index in [0.29, 0.717) is 0 Å². The molecule has 16 heavy (non-hydrogen) atoms. The summed E-state index contributed by atoms with van der Waals surface area (Å²) in [6.45, 7) is 0. The normalized spacial score (nSPS) is 11.6. The molecule has 1 aromatic heterocycles. The van der Waals surface area contributed by atoms with Crippen molar-refractivity contribution in [2.75, 3.05) is 0 Å². The molecule has 3 rings (SSSR count). The van der Waals surface area contributed by atoms with Crippen molar-refractivity contribution in [1.82, 2.24) is 0 Å². The fourth-order valence-corrected chi connectivity index (χ4v) is 3.67. The van der Waals surface area contributed by atoms with Crippen molar-refractivity contribution in [2.24, 2.45) is 0 Å². The molecule has 3 aromatic rings. The van der Waals surface area contributed by atoms with Crippen LogP contribution in [0.2, 0.25) is 0 Å². The Kier molecular flexibility index (Phi) is 2.44. The quantitative estimate of drug-likeness (QED) is 0.538. The van der Waals surface area contributed by atoms with Gasteiger partial charge in [-0.15, -0.1) is 0 Å². The zero-order chi connectivity index (χ0) is 10.8. The highest BCUT2D eigenvalue weighted by Crippen LogP contribution is 2.40. The first kappa shape index (κ1) is 9.57. The van der Waals surface area contributed by atoms with E-state index in [1.807, 2.05) is 0 Å². The first-order valence-electron chi connectivity index (χ1n) is 5.39. The van der Waals surface area contributed by atoms with Crippen LogP contribution in [-0.2, 0) is 0 Å². The molecule has 76 valence electrons. The van der Waals surface area contributed by atoms with Gasteiger partial charge in [-0.25, -0.2) is 0 Å². The Morgan fingerprint density at radius 3 is 2.12 bits per heavy atom. The van der Waals surface area contributed by atoms with Crippen LogP contribution in [0.25, 0.3) is 16.1 Å². The third-order valence-corrected chi connectivity index (χ3v) is 4.66. The number of rotatable bonds is 1. The zero-order valence-electron chi connectivity index (χ0n) is 8.88. The van der Waals surface area contributed by atoms with Crippen LogP contribution in [0.3, 0.4) is 0 Å². The standard InChI is InChI=1S/C15H12P/c1-2-8-15(9-3-1)16-11-10-13-6-4-5-7-14(13)12-16/h1-12H/q+1. The summed E-state index contributed by atoms with van der Waals surface area (Å²) in [5.41, 5.74) is 0. The van der Waals surface area contributed by atoms with Gasteiger partial charge in [0.05, 0.1) is 0 Å². The van der Waals surface area contributed by atoms with Crippen LogP contribution in [0.5, 0.6) is 0 Å². The lowest BCUT2D eigenvalue weighted by Crippen LogP contribution is -1.70. The minimum atomic E-state index is -0.259. The maximum absolute atomic E-state index is 2.39. The predicted molar refractivity (Wildman–Crippen MR) is 72.4 cm³/mol. The van der Waals surface area contributed by atoms with Crippen LogP contribution in [0.15, 0.2) is 72.3 Å². The van der Waals surface area contributed by atoms with E-state index < -0.39 is 0 Å². The topological polar surface area (TPSA) is 0 Å². The van der Waals surface area contributed by atoms with Gasteiger partial charge < -0.3 is 0 Å². The Hall–Kier alpha value is -1.65. The molecule has 0 fully saturated rings. The monoisotopic (exact) mass is 223 g/mol. The van der Waals surface area contributed by atoms with Gasteiger partial charge in [0, 0.05) is 5.39 Å². The molecule has 0 amide bonds. The number of benzene rings is 2. The van der Waals surface area contributed by atoms with Crippen molar-refractivity contribution in [1.29, 1.82) is 0 Å². The Bertz CT molecular complexity index is 614. The molecule has 1 atom stereocenters. The molecular formula is C15H12P+. The minimum absolute atomic E-state index is 0.259. The third-order valence-electron chi connectivity index (χ3n) is 2.74. The smallest absolute Gasteiger partial charge is 0.0619 e. The fourth-order valence-electron chi connectivity index (χ4n) is 1.89. The molecule has 0 radical (unpaired) electrons. The predicted octanol–water partition coefficient (Wildman–Crippen LogP) is 5.10. The van der Waals surface area contributed by atoms with E-state index in [4.69, 9.17) is 0 Å². The van der Waals surface area contributed by atoms with Gasteiger partial charge in [0.15, 0.2) is 12.8 Å². The van der Waals surface area contributed by atoms with E-state index in [1.165, 1.54) is 16.1 Å². The fraction of sp³-hybridized carbons (Fsp3) is 0. The summed E-state index contributed by atoms with van der Waals surface area (Å²) < 4.78 is 0. The molecule has 0 saturated heterocycles. The van der Waals surface area contributed by atoms with E-state index in [2.05, 4.69) is 72.3 Å². The lowest BCUT2D eigenvalue weighted by Gasteiger charge is -1.94. The molecule has 0 aliphatic rings. The van der Waals surface area contributed by atoms with Crippen molar-refractivity contribution in [3.05, 3.63) is 72.3 Å². The van der Waals surface area contributed by atoms with Gasteiger partial charge >= 0.3 is 0 Å². The van der Waals surface area contributed by atoms with Gasteiger partial charge in [-0.2, -0.15) is 0 Å². The van der Waals surface area contributed by atoms with Crippen LogP contribution in [0, 0.1) is 0 Å². The maximum Gasteiger partial charge on any atom is 0.163 e. The molecule has 0 saturated carbocycles. The molecule has 1 heteroatoms. The maximum atomic E-state index is 2.39. The summed E-state index contributed by atoms with van der Waals surface area (Å²) in [7, 11) is -0.259. The largest absolute Gasteiger partial charge is 0.163 e. The van der Waals surface area contributed by atoms with E-state index in [1.54, 1.807) is 0 Å². The zero-order valence-corrected chi connectivity index (χ0v) is 9.77. The van der Waals surface area contributed by atoms with Crippen LogP contribution >= 0.6 is 7.53 Å². The lowest BCUT2D eigenvalue weighted by atomic mass is 10.2. The van der Waals surface area contributed by atoms with Gasteiger partial charge in [0.1, 0.15) is 11.6 Å². The summed E-state index contributed by atoms with van der Waals surface area (Å²) in [6, 6.07) is 21.5. The van der Waals surface area contributed by atoms with Crippen molar-refractivity contribution in [3.8, 4) is 5.30 Å². The van der Waals surface area contributed by atoms with E-state index in [0.717, 1.165) is 0 Å². The van der Waals surface area contributed by atoms with Gasteiger partial charge in [0.2, 0.25) is 0 Å². The number of hydrogen-bond acceptors (Lipinski definition) is 0. The van der Waals surface area contributed by atoms with Crippen molar-refractivity contribution < 1.29 is 0 Å². The summed E-state index contributed by atoms with van der Waals surface area (Å²) >= 11 is 0. The third kappa shape index (κ3) is 1.73. The molecule has 0 aliphatic carbocycles. The molecule has 0 bridgehead atoms. The van der Waals surface area contributed by atoms with Crippen molar-refractivity contribution in [3.63, 3.8) is 0 Å². The summed E-state index contributed by atoms with van der Waals surface area (Å²) in [6.07, 6.45) is 0. The highest BCUT2D eigenvalue weighted by atomic mass is 31.1. The van der Waals surface area contributed by atoms with Gasteiger partial charge in [-0.05, 0) is 23.6 Å². The summed E-state index contributed by atoms with van der Waals surface area (Å²) in [4.78, 5) is 0. The Labute approximate surface area is 96.3 Å². The molecule has 0 nitrogen and oxygen atoms in total. The Balaban J connectivity index is 2.19. The van der Waals surface area contributed by atoms with Crippen LogP contribution in [0.4, 0.5) is 0 Å². The van der Waals surface area contributed by atoms with Crippen molar-refractivity contribution in [2.45, 2.75) is 0 Å². The molecule has 2 aromatic carbocycles. The highest BCUT2D eigenvalue weighted by Gasteiger charge is 2.09. The van der Waals surface area contributed by atoms with E-state index in [-0.39, 0.29) is 7.53 Å². The summed E-state index contributed by atoms with van der Waals surface area (Å²) in [5, 5.41) is 4.11. The second kappa shape index (κ2) is 4.08. The average molecular weight is 223 g/mol. The molecule has 0 spiro atoms. The van der Waals surface area contributed by atoms with Gasteiger partial charge in [-0.3, -0.25) is 0 Å². The first-order valence-corrected chi connectivity index (χ1v) is 6.87. The van der Waals surface area contributed by atoms with Gasteiger partial charge in [-0.1, -0.05) is 42.5 Å².